The van der Waals surface area contributed by atoms with Crippen molar-refractivity contribution in [3.8, 4) is 0 Å². The van der Waals surface area contributed by atoms with Crippen LogP contribution in [-0.4, -0.2) is 27.4 Å². The average Bonchev–Trinajstić information content (AvgIpc) is 2.36. The second-order valence-corrected chi connectivity index (χ2v) is 6.49. The molecule has 2 unspecified atom stereocenters. The number of hydrogen-bond donors (Lipinski definition) is 3. The molecule has 0 aliphatic carbocycles. The fourth-order valence-electron chi connectivity index (χ4n) is 1.78. The van der Waals surface area contributed by atoms with Crippen LogP contribution >= 0.6 is 0 Å². The largest absolute Gasteiger partial charge is 0.370 e. The summed E-state index contributed by atoms with van der Waals surface area (Å²) in [6, 6.07) is 6.22. The molecule has 0 saturated heterocycles. The van der Waals surface area contributed by atoms with Crippen molar-refractivity contribution in [3.05, 3.63) is 29.8 Å². The van der Waals surface area contributed by atoms with Crippen molar-refractivity contribution >= 4 is 15.9 Å². The third-order valence-electron chi connectivity index (χ3n) is 2.99. The number of nitrogens with two attached hydrogens (primary N) is 1. The monoisotopic (exact) mass is 299 g/mol. The summed E-state index contributed by atoms with van der Waals surface area (Å²) in [7, 11) is -1.80. The van der Waals surface area contributed by atoms with Gasteiger partial charge in [-0.2, -0.15) is 0 Å². The quantitative estimate of drug-likeness (QED) is 0.682. The number of sulfonamides is 1. The maximum atomic E-state index is 12.1. The van der Waals surface area contributed by atoms with Crippen LogP contribution in [0.2, 0.25) is 0 Å². The molecule has 0 aliphatic heterocycles. The van der Waals surface area contributed by atoms with Gasteiger partial charge in [0.15, 0.2) is 0 Å². The number of benzene rings is 1. The lowest BCUT2D eigenvalue weighted by Gasteiger charge is -2.14. The van der Waals surface area contributed by atoms with Crippen LogP contribution in [0.5, 0.6) is 0 Å². The van der Waals surface area contributed by atoms with E-state index in [1.165, 1.54) is 0 Å². The van der Waals surface area contributed by atoms with Crippen molar-refractivity contribution in [3.63, 3.8) is 0 Å². The van der Waals surface area contributed by atoms with Crippen molar-refractivity contribution in [1.29, 1.82) is 0 Å². The van der Waals surface area contributed by atoms with Gasteiger partial charge in [-0.15, -0.1) is 0 Å². The molecule has 1 amide bonds. The number of hydrogen-bond acceptors (Lipinski definition) is 4. The van der Waals surface area contributed by atoms with Crippen LogP contribution < -0.4 is 15.8 Å². The molecule has 0 spiro atoms. The molecule has 0 bridgehead atoms. The minimum atomic E-state index is -3.63. The third-order valence-corrected chi connectivity index (χ3v) is 4.59. The number of amides is 1. The van der Waals surface area contributed by atoms with Gasteiger partial charge in [-0.1, -0.05) is 12.1 Å². The van der Waals surface area contributed by atoms with Gasteiger partial charge in [0.05, 0.1) is 4.90 Å². The zero-order chi connectivity index (χ0) is 15.3. The Morgan fingerprint density at radius 2 is 1.80 bits per heavy atom. The lowest BCUT2D eigenvalue weighted by molar-refractivity contribution is -0.118. The van der Waals surface area contributed by atoms with Crippen LogP contribution in [-0.2, 0) is 14.8 Å². The van der Waals surface area contributed by atoms with E-state index in [1.807, 2.05) is 14.0 Å². The molecule has 0 radical (unpaired) electrons. The highest BCUT2D eigenvalue weighted by Gasteiger charge is 2.18. The first-order chi connectivity index (χ1) is 9.26. The summed E-state index contributed by atoms with van der Waals surface area (Å²) >= 11 is 0. The Kier molecular flexibility index (Phi) is 5.67. The average molecular weight is 299 g/mol. The molecule has 2 atom stereocenters. The van der Waals surface area contributed by atoms with E-state index in [1.54, 1.807) is 31.2 Å². The summed E-state index contributed by atoms with van der Waals surface area (Å²) in [6.45, 7) is 3.58. The molecule has 1 aromatic rings. The van der Waals surface area contributed by atoms with Crippen LogP contribution in [0.1, 0.15) is 31.9 Å². The van der Waals surface area contributed by atoms with E-state index in [-0.39, 0.29) is 17.4 Å². The first kappa shape index (κ1) is 16.6. The highest BCUT2D eigenvalue weighted by atomic mass is 32.2. The molecule has 7 heteroatoms. The Morgan fingerprint density at radius 3 is 2.25 bits per heavy atom. The van der Waals surface area contributed by atoms with Gasteiger partial charge in [0.1, 0.15) is 0 Å². The number of carbonyl (C=O) groups excluding carboxylic acids is 1. The van der Waals surface area contributed by atoms with Gasteiger partial charge in [-0.25, -0.2) is 13.1 Å². The number of primary amides is 1. The predicted octanol–water partition coefficient (Wildman–Crippen LogP) is 0.509. The van der Waals surface area contributed by atoms with Crippen molar-refractivity contribution in [2.45, 2.75) is 37.2 Å². The zero-order valence-corrected chi connectivity index (χ0v) is 12.7. The molecule has 0 fully saturated rings. The van der Waals surface area contributed by atoms with Crippen LogP contribution in [0, 0.1) is 0 Å². The minimum Gasteiger partial charge on any atom is -0.370 e. The molecule has 6 nitrogen and oxygen atoms in total. The van der Waals surface area contributed by atoms with Crippen LogP contribution in [0.3, 0.4) is 0 Å². The molecular formula is C13H21N3O3S. The number of nitrogens with one attached hydrogen (secondary N) is 2. The second-order valence-electron chi connectivity index (χ2n) is 4.77. The first-order valence-electron chi connectivity index (χ1n) is 6.34. The lowest BCUT2D eigenvalue weighted by Crippen LogP contribution is -2.35. The smallest absolute Gasteiger partial charge is 0.240 e. The Labute approximate surface area is 119 Å². The topological polar surface area (TPSA) is 101 Å². The van der Waals surface area contributed by atoms with Crippen molar-refractivity contribution in [2.24, 2.45) is 5.73 Å². The minimum absolute atomic E-state index is 0.0336. The van der Waals surface area contributed by atoms with E-state index < -0.39 is 22.0 Å². The van der Waals surface area contributed by atoms with E-state index >= 15 is 0 Å². The van der Waals surface area contributed by atoms with Crippen molar-refractivity contribution in [1.82, 2.24) is 10.0 Å². The molecule has 112 valence electrons. The van der Waals surface area contributed by atoms with Gasteiger partial charge in [0, 0.05) is 18.5 Å². The molecule has 20 heavy (non-hydrogen) atoms. The maximum Gasteiger partial charge on any atom is 0.240 e. The van der Waals surface area contributed by atoms with Crippen LogP contribution in [0.15, 0.2) is 29.2 Å². The van der Waals surface area contributed by atoms with E-state index in [0.717, 1.165) is 5.56 Å². The summed E-state index contributed by atoms with van der Waals surface area (Å²) < 4.78 is 26.6. The summed E-state index contributed by atoms with van der Waals surface area (Å²) in [5.74, 6) is -0.543. The highest BCUT2D eigenvalue weighted by molar-refractivity contribution is 7.89. The SMILES string of the molecule is CNC(C)c1ccc(S(=O)(=O)NC(C)CC(N)=O)cc1. The summed E-state index contributed by atoms with van der Waals surface area (Å²) in [4.78, 5) is 10.9. The van der Waals surface area contributed by atoms with E-state index in [4.69, 9.17) is 5.73 Å². The van der Waals surface area contributed by atoms with Crippen LogP contribution in [0.25, 0.3) is 0 Å². The van der Waals surface area contributed by atoms with Crippen molar-refractivity contribution < 1.29 is 13.2 Å². The molecule has 0 aromatic heterocycles. The Bertz CT molecular complexity index is 555. The van der Waals surface area contributed by atoms with Crippen molar-refractivity contribution in [2.75, 3.05) is 7.05 Å². The van der Waals surface area contributed by atoms with E-state index in [2.05, 4.69) is 10.0 Å². The molecule has 4 N–H and O–H groups in total. The molecule has 0 heterocycles. The highest BCUT2D eigenvalue weighted by Crippen LogP contribution is 2.16. The fraction of sp³-hybridized carbons (Fsp3) is 0.462. The van der Waals surface area contributed by atoms with Gasteiger partial charge in [-0.05, 0) is 38.6 Å². The first-order valence-corrected chi connectivity index (χ1v) is 7.82. The third kappa shape index (κ3) is 4.59. The Balaban J connectivity index is 2.85. The van der Waals surface area contributed by atoms with E-state index in [0.29, 0.717) is 0 Å². The molecule has 1 rings (SSSR count). The molecular weight excluding hydrogens is 278 g/mol. The molecule has 1 aromatic carbocycles. The summed E-state index contributed by atoms with van der Waals surface area (Å²) in [6.07, 6.45) is -0.0336. The number of rotatable bonds is 7. The van der Waals surface area contributed by atoms with Gasteiger partial charge >= 0.3 is 0 Å². The van der Waals surface area contributed by atoms with Gasteiger partial charge in [0.2, 0.25) is 15.9 Å². The number of carbonyl (C=O) groups is 1. The van der Waals surface area contributed by atoms with Gasteiger partial charge in [-0.3, -0.25) is 4.79 Å². The summed E-state index contributed by atoms with van der Waals surface area (Å²) in [5.41, 5.74) is 6.04. The van der Waals surface area contributed by atoms with Crippen LogP contribution in [0.4, 0.5) is 0 Å². The molecule has 0 aliphatic rings. The fourth-order valence-corrected chi connectivity index (χ4v) is 3.02. The van der Waals surface area contributed by atoms with Gasteiger partial charge < -0.3 is 11.1 Å². The zero-order valence-electron chi connectivity index (χ0n) is 11.9. The normalized spacial score (nSPS) is 14.8. The van der Waals surface area contributed by atoms with Gasteiger partial charge in [0.25, 0.3) is 0 Å². The lowest BCUT2D eigenvalue weighted by atomic mass is 10.1. The van der Waals surface area contributed by atoms with E-state index in [9.17, 15) is 13.2 Å². The Morgan fingerprint density at radius 1 is 1.25 bits per heavy atom. The molecule has 0 saturated carbocycles. The predicted molar refractivity (Wildman–Crippen MR) is 77.5 cm³/mol. The Hall–Kier alpha value is -1.44. The standard InChI is InChI=1S/C13H21N3O3S/c1-9(8-13(14)17)16-20(18,19)12-6-4-11(5-7-12)10(2)15-3/h4-7,9-10,15-16H,8H2,1-3H3,(H2,14,17). The maximum absolute atomic E-state index is 12.1. The second kappa shape index (κ2) is 6.83. The summed E-state index contributed by atoms with van der Waals surface area (Å²) in [5, 5.41) is 3.08.